The standard InChI is InChI=1S/C26H29N3O6S/c1-17(2)24(25(30)31)28-36(33,34)23-15-7-19(8-16-23)18-5-13-22(14-6-18)35-26(32)27-20-9-11-21(12-10-20)29(3)4/h5-17,24,28H,1-4H3,(H,27,32)(H,30,31)/t24-/m1/s1. The van der Waals surface area contributed by atoms with E-state index in [9.17, 15) is 23.1 Å². The van der Waals surface area contributed by atoms with Gasteiger partial charge in [0.2, 0.25) is 10.0 Å². The number of carbonyl (C=O) groups excluding carboxylic acids is 1. The average molecular weight is 512 g/mol. The Morgan fingerprint density at radius 1 is 0.861 bits per heavy atom. The molecular formula is C26H29N3O6S. The molecule has 36 heavy (non-hydrogen) atoms. The SMILES string of the molecule is CC(C)[C@@H](NS(=O)(=O)c1ccc(-c2ccc(OC(=O)Nc3ccc(N(C)C)cc3)cc2)cc1)C(=O)O. The van der Waals surface area contributed by atoms with Gasteiger partial charge in [0, 0.05) is 25.5 Å². The van der Waals surface area contributed by atoms with Gasteiger partial charge in [-0.3, -0.25) is 10.1 Å². The highest BCUT2D eigenvalue weighted by Gasteiger charge is 2.28. The van der Waals surface area contributed by atoms with Gasteiger partial charge in [-0.05, 0) is 65.6 Å². The second-order valence-corrected chi connectivity index (χ2v) is 10.4. The maximum absolute atomic E-state index is 12.6. The molecule has 0 aliphatic rings. The topological polar surface area (TPSA) is 125 Å². The van der Waals surface area contributed by atoms with E-state index >= 15 is 0 Å². The largest absolute Gasteiger partial charge is 0.480 e. The van der Waals surface area contributed by atoms with Crippen LogP contribution in [-0.4, -0.2) is 45.7 Å². The molecule has 0 radical (unpaired) electrons. The maximum atomic E-state index is 12.6. The number of hydrogen-bond donors (Lipinski definition) is 3. The molecule has 0 saturated heterocycles. The lowest BCUT2D eigenvalue weighted by Crippen LogP contribution is -2.44. The van der Waals surface area contributed by atoms with E-state index < -0.39 is 34.0 Å². The van der Waals surface area contributed by atoms with Crippen molar-refractivity contribution in [3.05, 3.63) is 72.8 Å². The van der Waals surface area contributed by atoms with Crippen molar-refractivity contribution in [1.29, 1.82) is 0 Å². The minimum atomic E-state index is -4.00. The number of benzene rings is 3. The van der Waals surface area contributed by atoms with Crippen LogP contribution in [0.2, 0.25) is 0 Å². The first-order valence-electron chi connectivity index (χ1n) is 11.2. The highest BCUT2D eigenvalue weighted by molar-refractivity contribution is 7.89. The van der Waals surface area contributed by atoms with E-state index in [1.54, 1.807) is 62.4 Å². The first-order valence-corrected chi connectivity index (χ1v) is 12.7. The number of aliphatic carboxylic acids is 1. The van der Waals surface area contributed by atoms with Crippen LogP contribution in [-0.2, 0) is 14.8 Å². The van der Waals surface area contributed by atoms with E-state index in [4.69, 9.17) is 4.74 Å². The molecule has 0 spiro atoms. The van der Waals surface area contributed by atoms with Crippen molar-refractivity contribution in [3.63, 3.8) is 0 Å². The quantitative estimate of drug-likeness (QED) is 0.388. The molecule has 1 amide bonds. The Bertz CT molecular complexity index is 1300. The van der Waals surface area contributed by atoms with Gasteiger partial charge in [-0.2, -0.15) is 4.72 Å². The van der Waals surface area contributed by atoms with Crippen LogP contribution in [0.4, 0.5) is 16.2 Å². The summed E-state index contributed by atoms with van der Waals surface area (Å²) >= 11 is 0. The summed E-state index contributed by atoms with van der Waals surface area (Å²) in [6, 6.07) is 18.9. The second kappa shape index (κ2) is 11.2. The molecule has 190 valence electrons. The summed E-state index contributed by atoms with van der Waals surface area (Å²) in [5.74, 6) is -1.30. The number of anilines is 2. The predicted octanol–water partition coefficient (Wildman–Crippen LogP) is 4.42. The number of carbonyl (C=O) groups is 2. The van der Waals surface area contributed by atoms with Gasteiger partial charge < -0.3 is 14.7 Å². The molecule has 0 unspecified atom stereocenters. The highest BCUT2D eigenvalue weighted by atomic mass is 32.2. The minimum absolute atomic E-state index is 0.0339. The minimum Gasteiger partial charge on any atom is -0.480 e. The van der Waals surface area contributed by atoms with Crippen molar-refractivity contribution >= 4 is 33.5 Å². The van der Waals surface area contributed by atoms with Gasteiger partial charge in [0.15, 0.2) is 0 Å². The van der Waals surface area contributed by atoms with Crippen molar-refractivity contribution in [1.82, 2.24) is 4.72 Å². The maximum Gasteiger partial charge on any atom is 0.417 e. The fraction of sp³-hybridized carbons (Fsp3) is 0.231. The Kier molecular flexibility index (Phi) is 8.33. The first kappa shape index (κ1) is 26.7. The van der Waals surface area contributed by atoms with Crippen molar-refractivity contribution in [3.8, 4) is 16.9 Å². The molecule has 0 saturated carbocycles. The summed E-state index contributed by atoms with van der Waals surface area (Å²) in [6.45, 7) is 3.26. The summed E-state index contributed by atoms with van der Waals surface area (Å²) in [7, 11) is -0.141. The zero-order valence-corrected chi connectivity index (χ0v) is 21.2. The van der Waals surface area contributed by atoms with Crippen molar-refractivity contribution in [2.75, 3.05) is 24.3 Å². The molecule has 3 N–H and O–H groups in total. The normalized spacial score (nSPS) is 12.1. The third-order valence-electron chi connectivity index (χ3n) is 5.41. The zero-order chi connectivity index (χ0) is 26.5. The Labute approximate surface area is 210 Å². The Morgan fingerprint density at radius 2 is 1.39 bits per heavy atom. The van der Waals surface area contributed by atoms with Gasteiger partial charge in [0.05, 0.1) is 4.90 Å². The van der Waals surface area contributed by atoms with Crippen molar-refractivity contribution in [2.45, 2.75) is 24.8 Å². The van der Waals surface area contributed by atoms with Crippen molar-refractivity contribution < 1.29 is 27.9 Å². The molecule has 3 aromatic carbocycles. The smallest absolute Gasteiger partial charge is 0.417 e. The van der Waals surface area contributed by atoms with Gasteiger partial charge >= 0.3 is 12.1 Å². The van der Waals surface area contributed by atoms with E-state index in [0.717, 1.165) is 16.8 Å². The number of rotatable bonds is 9. The van der Waals surface area contributed by atoms with E-state index in [-0.39, 0.29) is 4.90 Å². The molecule has 0 aromatic heterocycles. The third-order valence-corrected chi connectivity index (χ3v) is 6.86. The predicted molar refractivity (Wildman–Crippen MR) is 139 cm³/mol. The molecular weight excluding hydrogens is 482 g/mol. The van der Waals surface area contributed by atoms with Crippen LogP contribution in [0.5, 0.6) is 5.75 Å². The van der Waals surface area contributed by atoms with E-state index in [1.807, 2.05) is 31.1 Å². The second-order valence-electron chi connectivity index (χ2n) is 8.69. The lowest BCUT2D eigenvalue weighted by Gasteiger charge is -2.18. The Morgan fingerprint density at radius 3 is 1.86 bits per heavy atom. The number of nitrogens with zero attached hydrogens (tertiary/aromatic N) is 1. The van der Waals surface area contributed by atoms with Crippen LogP contribution in [0.1, 0.15) is 13.8 Å². The molecule has 0 heterocycles. The molecule has 1 atom stereocenters. The first-order chi connectivity index (χ1) is 17.0. The van der Waals surface area contributed by atoms with Gasteiger partial charge in [-0.15, -0.1) is 0 Å². The fourth-order valence-electron chi connectivity index (χ4n) is 3.34. The summed E-state index contributed by atoms with van der Waals surface area (Å²) in [4.78, 5) is 25.5. The molecule has 9 nitrogen and oxygen atoms in total. The van der Waals surface area contributed by atoms with Crippen LogP contribution in [0, 0.1) is 5.92 Å². The van der Waals surface area contributed by atoms with Gasteiger partial charge in [-0.1, -0.05) is 38.1 Å². The molecule has 0 bridgehead atoms. The lowest BCUT2D eigenvalue weighted by molar-refractivity contribution is -0.140. The van der Waals surface area contributed by atoms with Crippen molar-refractivity contribution in [2.24, 2.45) is 5.92 Å². The van der Waals surface area contributed by atoms with Gasteiger partial charge in [0.25, 0.3) is 0 Å². The summed E-state index contributed by atoms with van der Waals surface area (Å²) < 4.78 is 32.8. The fourth-order valence-corrected chi connectivity index (χ4v) is 4.68. The van der Waals surface area contributed by atoms with Gasteiger partial charge in [-0.25, -0.2) is 13.2 Å². The summed E-state index contributed by atoms with van der Waals surface area (Å²) in [5, 5.41) is 11.9. The van der Waals surface area contributed by atoms with Crippen LogP contribution in [0.15, 0.2) is 77.7 Å². The number of carboxylic acids is 1. The van der Waals surface area contributed by atoms with E-state index in [0.29, 0.717) is 11.4 Å². The highest BCUT2D eigenvalue weighted by Crippen LogP contribution is 2.25. The van der Waals surface area contributed by atoms with E-state index in [2.05, 4.69) is 10.0 Å². The molecule has 10 heteroatoms. The molecule has 0 fully saturated rings. The number of nitrogens with one attached hydrogen (secondary N) is 2. The molecule has 3 rings (SSSR count). The summed E-state index contributed by atoms with van der Waals surface area (Å²) in [6.07, 6.45) is -0.622. The van der Waals surface area contributed by atoms with Gasteiger partial charge in [0.1, 0.15) is 11.8 Å². The number of sulfonamides is 1. The molecule has 3 aromatic rings. The third kappa shape index (κ3) is 6.83. The molecule has 0 aliphatic carbocycles. The number of carboxylic acid groups (broad SMARTS) is 1. The summed E-state index contributed by atoms with van der Waals surface area (Å²) in [5.41, 5.74) is 3.13. The monoisotopic (exact) mass is 511 g/mol. The Balaban J connectivity index is 1.64. The average Bonchev–Trinajstić information content (AvgIpc) is 2.83. The number of amides is 1. The molecule has 0 aliphatic heterocycles. The van der Waals surface area contributed by atoms with Crippen LogP contribution in [0.25, 0.3) is 11.1 Å². The van der Waals surface area contributed by atoms with E-state index in [1.165, 1.54) is 12.1 Å². The lowest BCUT2D eigenvalue weighted by atomic mass is 10.1. The Hall–Kier alpha value is -3.89. The van der Waals surface area contributed by atoms with Crippen LogP contribution in [0.3, 0.4) is 0 Å². The number of ether oxygens (including phenoxy) is 1. The zero-order valence-electron chi connectivity index (χ0n) is 20.4. The van der Waals surface area contributed by atoms with Crippen LogP contribution < -0.4 is 19.7 Å². The van der Waals surface area contributed by atoms with Crippen LogP contribution >= 0.6 is 0 Å². The number of hydrogen-bond acceptors (Lipinski definition) is 6.